The highest BCUT2D eigenvalue weighted by Crippen LogP contribution is 1.94. The van der Waals surface area contributed by atoms with Crippen molar-refractivity contribution < 1.29 is 9.53 Å². The number of ether oxygens (including phenoxy) is 1. The van der Waals surface area contributed by atoms with Gasteiger partial charge in [0.25, 0.3) is 0 Å². The number of hydrogen-bond acceptors (Lipinski definition) is 2. The van der Waals surface area contributed by atoms with Crippen molar-refractivity contribution in [2.45, 2.75) is 6.42 Å². The first-order valence-corrected chi connectivity index (χ1v) is 4.43. The molecule has 0 spiro atoms. The Morgan fingerprint density at radius 2 is 2.00 bits per heavy atom. The van der Waals surface area contributed by atoms with E-state index in [1.807, 2.05) is 30.3 Å². The van der Waals surface area contributed by atoms with E-state index in [0.29, 0.717) is 6.42 Å². The molecular weight excluding hydrogens is 188 g/mol. The van der Waals surface area contributed by atoms with Gasteiger partial charge in [-0.25, -0.2) is 4.79 Å². The summed E-state index contributed by atoms with van der Waals surface area (Å²) in [5.74, 6) is 10.2. The van der Waals surface area contributed by atoms with Crippen LogP contribution in [0.4, 0.5) is 0 Å². The molecule has 0 amide bonds. The molecule has 2 heteroatoms. The minimum Gasteiger partial charge on any atom is -0.459 e. The maximum Gasteiger partial charge on any atom is 0.384 e. The van der Waals surface area contributed by atoms with Gasteiger partial charge >= 0.3 is 5.97 Å². The maximum atomic E-state index is 10.6. The summed E-state index contributed by atoms with van der Waals surface area (Å²) in [7, 11) is 1.30. The molecule has 74 valence electrons. The van der Waals surface area contributed by atoms with Crippen LogP contribution < -0.4 is 0 Å². The molecule has 1 aromatic rings. The molecule has 0 bridgehead atoms. The van der Waals surface area contributed by atoms with Gasteiger partial charge in [0.05, 0.1) is 13.5 Å². The predicted octanol–water partition coefficient (Wildman–Crippen LogP) is 1.60. The molecule has 2 nitrogen and oxygen atoms in total. The molecule has 0 atom stereocenters. The van der Waals surface area contributed by atoms with Crippen molar-refractivity contribution in [3.8, 4) is 23.7 Å². The largest absolute Gasteiger partial charge is 0.459 e. The van der Waals surface area contributed by atoms with Gasteiger partial charge in [-0.15, -0.1) is 0 Å². The molecule has 0 saturated heterocycles. The Hall–Kier alpha value is -2.19. The normalized spacial score (nSPS) is 7.80. The van der Waals surface area contributed by atoms with Gasteiger partial charge in [-0.1, -0.05) is 36.0 Å². The molecule has 1 aromatic carbocycles. The SMILES string of the molecule is COC(=O)C#CCC#Cc1ccccc1. The summed E-state index contributed by atoms with van der Waals surface area (Å²) in [6.45, 7) is 0. The van der Waals surface area contributed by atoms with E-state index in [0.717, 1.165) is 5.56 Å². The minimum absolute atomic E-state index is 0.365. The van der Waals surface area contributed by atoms with Gasteiger partial charge in [-0.3, -0.25) is 0 Å². The van der Waals surface area contributed by atoms with Gasteiger partial charge in [0, 0.05) is 11.5 Å². The summed E-state index contributed by atoms with van der Waals surface area (Å²) < 4.78 is 4.35. The number of hydrogen-bond donors (Lipinski definition) is 0. The van der Waals surface area contributed by atoms with Crippen LogP contribution in [0, 0.1) is 23.7 Å². The molecule has 0 heterocycles. The molecule has 0 aliphatic heterocycles. The van der Waals surface area contributed by atoms with Gasteiger partial charge in [0.1, 0.15) is 0 Å². The molecular formula is C13H10O2. The van der Waals surface area contributed by atoms with Crippen LogP contribution in [0.5, 0.6) is 0 Å². The Morgan fingerprint density at radius 1 is 1.27 bits per heavy atom. The average molecular weight is 198 g/mol. The monoisotopic (exact) mass is 198 g/mol. The summed E-state index contributed by atoms with van der Waals surface area (Å²) >= 11 is 0. The topological polar surface area (TPSA) is 26.3 Å². The summed E-state index contributed by atoms with van der Waals surface area (Å²) in [6, 6.07) is 9.61. The molecule has 0 radical (unpaired) electrons. The molecule has 0 saturated carbocycles. The minimum atomic E-state index is -0.531. The highest BCUT2D eigenvalue weighted by Gasteiger charge is 1.86. The van der Waals surface area contributed by atoms with Gasteiger partial charge < -0.3 is 4.74 Å². The summed E-state index contributed by atoms with van der Waals surface area (Å²) in [5, 5.41) is 0. The number of rotatable bonds is 0. The predicted molar refractivity (Wildman–Crippen MR) is 57.7 cm³/mol. The second kappa shape index (κ2) is 6.29. The Balaban J connectivity index is 2.47. The second-order valence-corrected chi connectivity index (χ2v) is 2.64. The quantitative estimate of drug-likeness (QED) is 0.359. The molecule has 0 aliphatic rings. The van der Waals surface area contributed by atoms with E-state index in [9.17, 15) is 4.79 Å². The van der Waals surface area contributed by atoms with Gasteiger partial charge in [0.2, 0.25) is 0 Å². The van der Waals surface area contributed by atoms with Crippen molar-refractivity contribution >= 4 is 5.97 Å². The first kappa shape index (κ1) is 10.9. The summed E-state index contributed by atoms with van der Waals surface area (Å²) in [5.41, 5.74) is 0.942. The molecule has 0 fully saturated rings. The average Bonchev–Trinajstić information content (AvgIpc) is 2.29. The fraction of sp³-hybridized carbons (Fsp3) is 0.154. The fourth-order valence-corrected chi connectivity index (χ4v) is 0.879. The molecule has 0 N–H and O–H groups in total. The number of methoxy groups -OCH3 is 1. The molecule has 15 heavy (non-hydrogen) atoms. The zero-order valence-corrected chi connectivity index (χ0v) is 8.41. The Kier molecular flexibility index (Phi) is 4.57. The van der Waals surface area contributed by atoms with Crippen LogP contribution in [0.1, 0.15) is 12.0 Å². The lowest BCUT2D eigenvalue weighted by Crippen LogP contribution is -1.93. The molecule has 0 unspecified atom stereocenters. The Morgan fingerprint density at radius 3 is 2.67 bits per heavy atom. The fourth-order valence-electron chi connectivity index (χ4n) is 0.879. The van der Waals surface area contributed by atoms with E-state index in [4.69, 9.17) is 0 Å². The number of carbonyl (C=O) groups is 1. The maximum absolute atomic E-state index is 10.6. The molecule has 1 rings (SSSR count). The Labute approximate surface area is 89.3 Å². The smallest absolute Gasteiger partial charge is 0.384 e. The standard InChI is InChI=1S/C13H10O2/c1-15-13(14)11-7-3-6-10-12-8-4-2-5-9-12/h2,4-5,8-9H,3H2,1H3. The van der Waals surface area contributed by atoms with Crippen molar-refractivity contribution in [3.63, 3.8) is 0 Å². The summed E-state index contributed by atoms with van der Waals surface area (Å²) in [4.78, 5) is 10.6. The van der Waals surface area contributed by atoms with Gasteiger partial charge in [-0.2, -0.15) is 0 Å². The zero-order chi connectivity index (χ0) is 10.9. The third-order valence-corrected chi connectivity index (χ3v) is 1.56. The van der Waals surface area contributed by atoms with E-state index in [1.54, 1.807) is 0 Å². The third kappa shape index (κ3) is 4.55. The van der Waals surface area contributed by atoms with E-state index >= 15 is 0 Å². The van der Waals surface area contributed by atoms with Crippen molar-refractivity contribution in [1.29, 1.82) is 0 Å². The van der Waals surface area contributed by atoms with Gasteiger partial charge in [-0.05, 0) is 12.1 Å². The second-order valence-electron chi connectivity index (χ2n) is 2.64. The van der Waals surface area contributed by atoms with Crippen LogP contribution in [-0.2, 0) is 9.53 Å². The van der Waals surface area contributed by atoms with Crippen LogP contribution in [0.15, 0.2) is 30.3 Å². The van der Waals surface area contributed by atoms with Crippen LogP contribution in [0.25, 0.3) is 0 Å². The zero-order valence-electron chi connectivity index (χ0n) is 8.41. The van der Waals surface area contributed by atoms with Crippen molar-refractivity contribution in [2.24, 2.45) is 0 Å². The summed E-state index contributed by atoms with van der Waals surface area (Å²) in [6.07, 6.45) is 0.365. The van der Waals surface area contributed by atoms with Crippen molar-refractivity contribution in [3.05, 3.63) is 35.9 Å². The van der Waals surface area contributed by atoms with Crippen LogP contribution in [0.2, 0.25) is 0 Å². The molecule has 0 aliphatic carbocycles. The van der Waals surface area contributed by atoms with Crippen LogP contribution in [0.3, 0.4) is 0 Å². The number of benzene rings is 1. The lowest BCUT2D eigenvalue weighted by Gasteiger charge is -1.85. The van der Waals surface area contributed by atoms with Crippen LogP contribution >= 0.6 is 0 Å². The molecule has 0 aromatic heterocycles. The number of carbonyl (C=O) groups excluding carboxylic acids is 1. The lowest BCUT2D eigenvalue weighted by atomic mass is 10.2. The van der Waals surface area contributed by atoms with Crippen LogP contribution in [-0.4, -0.2) is 13.1 Å². The van der Waals surface area contributed by atoms with E-state index < -0.39 is 5.97 Å². The van der Waals surface area contributed by atoms with Gasteiger partial charge in [0.15, 0.2) is 0 Å². The Bertz CT molecular complexity index is 438. The van der Waals surface area contributed by atoms with Crippen molar-refractivity contribution in [1.82, 2.24) is 0 Å². The number of esters is 1. The van der Waals surface area contributed by atoms with Crippen molar-refractivity contribution in [2.75, 3.05) is 7.11 Å². The first-order chi connectivity index (χ1) is 7.33. The van der Waals surface area contributed by atoms with E-state index in [2.05, 4.69) is 28.4 Å². The lowest BCUT2D eigenvalue weighted by molar-refractivity contribution is -0.133. The highest BCUT2D eigenvalue weighted by atomic mass is 16.5. The first-order valence-electron chi connectivity index (χ1n) is 4.43. The third-order valence-electron chi connectivity index (χ3n) is 1.56. The highest BCUT2D eigenvalue weighted by molar-refractivity contribution is 5.88. The van der Waals surface area contributed by atoms with E-state index in [-0.39, 0.29) is 0 Å². The van der Waals surface area contributed by atoms with E-state index in [1.165, 1.54) is 7.11 Å².